The van der Waals surface area contributed by atoms with Gasteiger partial charge in [-0.05, 0) is 31.9 Å². The quantitative estimate of drug-likeness (QED) is 0.728. The number of carbonyl (C=O) groups excluding carboxylic acids is 5. The number of rotatable bonds is 6. The lowest BCUT2D eigenvalue weighted by Crippen LogP contribution is -2.49. The van der Waals surface area contributed by atoms with Gasteiger partial charge in [-0.1, -0.05) is 12.1 Å². The first-order valence-corrected chi connectivity index (χ1v) is 9.38. The maximum Gasteiger partial charge on any atom is 0.262 e. The minimum absolute atomic E-state index is 0.0243. The third-order valence-corrected chi connectivity index (χ3v) is 5.09. The monoisotopic (exact) mass is 385 g/mol. The number of hydrogen-bond acceptors (Lipinski definition) is 5. The van der Waals surface area contributed by atoms with Crippen LogP contribution in [0.15, 0.2) is 24.3 Å². The van der Waals surface area contributed by atoms with Crippen molar-refractivity contribution < 1.29 is 24.0 Å². The second-order valence-corrected chi connectivity index (χ2v) is 7.17. The van der Waals surface area contributed by atoms with Crippen LogP contribution in [0.5, 0.6) is 0 Å². The molecule has 2 aliphatic rings. The van der Waals surface area contributed by atoms with Crippen molar-refractivity contribution in [2.45, 2.75) is 38.6 Å². The zero-order valence-corrected chi connectivity index (χ0v) is 15.8. The largest absolute Gasteiger partial charge is 0.353 e. The van der Waals surface area contributed by atoms with Gasteiger partial charge >= 0.3 is 0 Å². The molecular weight excluding hydrogens is 362 g/mol. The first kappa shape index (κ1) is 19.7. The normalized spacial score (nSPS) is 16.9. The molecule has 1 aromatic rings. The van der Waals surface area contributed by atoms with Gasteiger partial charge in [0.1, 0.15) is 12.3 Å². The lowest BCUT2D eigenvalue weighted by Gasteiger charge is -2.33. The number of hydrogen-bond donors (Lipinski definition) is 1. The van der Waals surface area contributed by atoms with Crippen molar-refractivity contribution in [2.24, 2.45) is 0 Å². The molecule has 1 aromatic carbocycles. The van der Waals surface area contributed by atoms with Gasteiger partial charge in [-0.25, -0.2) is 0 Å². The van der Waals surface area contributed by atoms with E-state index in [1.54, 1.807) is 29.2 Å². The van der Waals surface area contributed by atoms with Gasteiger partial charge in [0.2, 0.25) is 11.8 Å². The Kier molecular flexibility index (Phi) is 5.87. The van der Waals surface area contributed by atoms with Crippen molar-refractivity contribution in [2.75, 3.05) is 19.6 Å². The second-order valence-electron chi connectivity index (χ2n) is 7.17. The molecule has 8 nitrogen and oxygen atoms in total. The molecule has 1 fully saturated rings. The molecule has 1 N–H and O–H groups in total. The smallest absolute Gasteiger partial charge is 0.262 e. The molecule has 0 atom stereocenters. The number of nitrogens with one attached hydrogen (secondary N) is 1. The number of ketones is 1. The molecule has 0 unspecified atom stereocenters. The number of imide groups is 1. The predicted octanol–water partition coefficient (Wildman–Crippen LogP) is 0.759. The van der Waals surface area contributed by atoms with E-state index in [2.05, 4.69) is 5.32 Å². The summed E-state index contributed by atoms with van der Waals surface area (Å²) < 4.78 is 0. The van der Waals surface area contributed by atoms with Gasteiger partial charge in [-0.2, -0.15) is 0 Å². The maximum absolute atomic E-state index is 12.6. The summed E-state index contributed by atoms with van der Waals surface area (Å²) in [6.45, 7) is 2.06. The van der Waals surface area contributed by atoms with Crippen LogP contribution in [0.4, 0.5) is 0 Å². The van der Waals surface area contributed by atoms with E-state index in [1.165, 1.54) is 6.92 Å². The molecule has 0 saturated carbocycles. The summed E-state index contributed by atoms with van der Waals surface area (Å²) in [6.07, 6.45) is 1.59. The van der Waals surface area contributed by atoms with Gasteiger partial charge < -0.3 is 15.0 Å². The molecule has 0 spiro atoms. The third-order valence-electron chi connectivity index (χ3n) is 5.09. The highest BCUT2D eigenvalue weighted by atomic mass is 16.2. The van der Waals surface area contributed by atoms with Gasteiger partial charge in [0.15, 0.2) is 0 Å². The van der Waals surface area contributed by atoms with E-state index in [0.717, 1.165) is 4.90 Å². The molecule has 2 heterocycles. The van der Waals surface area contributed by atoms with E-state index >= 15 is 0 Å². The van der Waals surface area contributed by atoms with E-state index in [9.17, 15) is 24.0 Å². The van der Waals surface area contributed by atoms with Gasteiger partial charge in [0.25, 0.3) is 11.8 Å². The molecule has 0 radical (unpaired) electrons. The summed E-state index contributed by atoms with van der Waals surface area (Å²) in [5, 5.41) is 2.89. The summed E-state index contributed by atoms with van der Waals surface area (Å²) in [6, 6.07) is 6.50. The van der Waals surface area contributed by atoms with Gasteiger partial charge in [-0.15, -0.1) is 0 Å². The van der Waals surface area contributed by atoms with Crippen molar-refractivity contribution in [1.82, 2.24) is 15.1 Å². The minimum Gasteiger partial charge on any atom is -0.353 e. The zero-order valence-electron chi connectivity index (χ0n) is 15.8. The number of nitrogens with zero attached hydrogens (tertiary/aromatic N) is 2. The summed E-state index contributed by atoms with van der Waals surface area (Å²) in [4.78, 5) is 62.7. The fraction of sp³-hybridized carbons (Fsp3) is 0.450. The van der Waals surface area contributed by atoms with Crippen LogP contribution in [0.2, 0.25) is 0 Å². The van der Waals surface area contributed by atoms with Gasteiger partial charge in [0.05, 0.1) is 11.1 Å². The average molecular weight is 385 g/mol. The van der Waals surface area contributed by atoms with Crippen LogP contribution in [0.3, 0.4) is 0 Å². The van der Waals surface area contributed by atoms with Crippen LogP contribution in [0.1, 0.15) is 53.3 Å². The van der Waals surface area contributed by atoms with Crippen molar-refractivity contribution >= 4 is 29.4 Å². The first-order valence-electron chi connectivity index (χ1n) is 9.38. The Morgan fingerprint density at radius 1 is 1.00 bits per heavy atom. The highest BCUT2D eigenvalue weighted by molar-refractivity contribution is 6.22. The Bertz CT molecular complexity index is 792. The highest BCUT2D eigenvalue weighted by Gasteiger charge is 2.37. The highest BCUT2D eigenvalue weighted by Crippen LogP contribution is 2.22. The molecule has 8 heteroatoms. The average Bonchev–Trinajstić information content (AvgIpc) is 2.92. The van der Waals surface area contributed by atoms with Crippen LogP contribution >= 0.6 is 0 Å². The van der Waals surface area contributed by atoms with Crippen molar-refractivity contribution in [3.63, 3.8) is 0 Å². The van der Waals surface area contributed by atoms with E-state index in [-0.39, 0.29) is 43.0 Å². The summed E-state index contributed by atoms with van der Waals surface area (Å²) in [5.41, 5.74) is 0.652. The number of amides is 4. The summed E-state index contributed by atoms with van der Waals surface area (Å²) in [7, 11) is 0. The molecule has 3 rings (SSSR count). The van der Waals surface area contributed by atoms with Gasteiger partial charge in [-0.3, -0.25) is 24.1 Å². The Morgan fingerprint density at radius 3 is 2.11 bits per heavy atom. The molecule has 0 aliphatic carbocycles. The van der Waals surface area contributed by atoms with Crippen LogP contribution in [-0.2, 0) is 14.4 Å². The lowest BCUT2D eigenvalue weighted by atomic mass is 10.0. The summed E-state index contributed by atoms with van der Waals surface area (Å²) in [5.74, 6) is -1.35. The molecule has 28 heavy (non-hydrogen) atoms. The fourth-order valence-electron chi connectivity index (χ4n) is 3.48. The van der Waals surface area contributed by atoms with Crippen molar-refractivity contribution in [1.29, 1.82) is 0 Å². The Hall–Kier alpha value is -3.03. The maximum atomic E-state index is 12.6. The van der Waals surface area contributed by atoms with E-state index in [1.807, 2.05) is 0 Å². The van der Waals surface area contributed by atoms with Crippen molar-refractivity contribution in [3.8, 4) is 0 Å². The standard InChI is InChI=1S/C20H23N3O5/c1-13(24)6-7-17(25)21-14-8-10-22(11-9-14)18(26)12-23-19(27)15-4-2-3-5-16(15)20(23)28/h2-5,14H,6-12H2,1H3,(H,21,25). The lowest BCUT2D eigenvalue weighted by molar-refractivity contribution is -0.132. The van der Waals surface area contributed by atoms with Crippen molar-refractivity contribution in [3.05, 3.63) is 35.4 Å². The van der Waals surface area contributed by atoms with Crippen LogP contribution in [0.25, 0.3) is 0 Å². The minimum atomic E-state index is -0.443. The number of piperidine rings is 1. The zero-order chi connectivity index (χ0) is 20.3. The van der Waals surface area contributed by atoms with E-state index in [4.69, 9.17) is 0 Å². The van der Waals surface area contributed by atoms with Crippen LogP contribution < -0.4 is 5.32 Å². The topological polar surface area (TPSA) is 104 Å². The second kappa shape index (κ2) is 8.33. The number of fused-ring (bicyclic) bond motifs is 1. The molecule has 0 aromatic heterocycles. The van der Waals surface area contributed by atoms with Crippen LogP contribution in [-0.4, -0.2) is 64.9 Å². The number of benzene rings is 1. The molecule has 4 amide bonds. The Balaban J connectivity index is 1.48. The molecule has 1 saturated heterocycles. The molecule has 2 aliphatic heterocycles. The Morgan fingerprint density at radius 2 is 1.57 bits per heavy atom. The van der Waals surface area contributed by atoms with E-state index in [0.29, 0.717) is 37.1 Å². The number of Topliss-reactive ketones (excluding diaryl/α,β-unsaturated/α-hetero) is 1. The number of likely N-dealkylation sites (tertiary alicyclic amines) is 1. The third kappa shape index (κ3) is 4.27. The molecule has 0 bridgehead atoms. The summed E-state index contributed by atoms with van der Waals surface area (Å²) >= 11 is 0. The van der Waals surface area contributed by atoms with Crippen LogP contribution in [0, 0.1) is 0 Å². The predicted molar refractivity (Wildman–Crippen MR) is 99.5 cm³/mol. The van der Waals surface area contributed by atoms with E-state index < -0.39 is 11.8 Å². The Labute approximate surface area is 162 Å². The molecule has 148 valence electrons. The molecular formula is C20H23N3O5. The SMILES string of the molecule is CC(=O)CCC(=O)NC1CCN(C(=O)CN2C(=O)c3ccccc3C2=O)CC1. The first-order chi connectivity index (χ1) is 13.4. The fourth-order valence-corrected chi connectivity index (χ4v) is 3.48. The van der Waals surface area contributed by atoms with Gasteiger partial charge in [0, 0.05) is 32.0 Å². The number of carbonyl (C=O) groups is 5.